The van der Waals surface area contributed by atoms with E-state index in [1.807, 2.05) is 11.9 Å². The number of anilines is 2. The minimum atomic E-state index is -4.56. The Morgan fingerprint density at radius 2 is 1.81 bits per heavy atom. The molecule has 0 unspecified atom stereocenters. The fraction of sp³-hybridized carbons (Fsp3) is 0.353. The second-order valence-electron chi connectivity index (χ2n) is 6.05. The molecule has 1 aromatic carbocycles. The SMILES string of the molecule is CN1CCN(c2cc(C(=O)Nc3ccccc3C(F)(F)F)ncn2)CC1. The zero-order valence-corrected chi connectivity index (χ0v) is 14.1. The number of hydrogen-bond donors (Lipinski definition) is 1. The summed E-state index contributed by atoms with van der Waals surface area (Å²) in [7, 11) is 2.02. The molecule has 1 aliphatic heterocycles. The summed E-state index contributed by atoms with van der Waals surface area (Å²) in [6, 6.07) is 6.33. The zero-order valence-electron chi connectivity index (χ0n) is 14.1. The first-order valence-corrected chi connectivity index (χ1v) is 8.08. The lowest BCUT2D eigenvalue weighted by molar-refractivity contribution is -0.136. The molecule has 9 heteroatoms. The number of carbonyl (C=O) groups excluding carboxylic acids is 1. The Morgan fingerprint density at radius 1 is 1.12 bits per heavy atom. The highest BCUT2D eigenvalue weighted by Gasteiger charge is 2.33. The van der Waals surface area contributed by atoms with E-state index in [1.54, 1.807) is 0 Å². The number of nitrogens with zero attached hydrogens (tertiary/aromatic N) is 4. The van der Waals surface area contributed by atoms with Crippen molar-refractivity contribution >= 4 is 17.4 Å². The van der Waals surface area contributed by atoms with Gasteiger partial charge in [0.1, 0.15) is 17.8 Å². The van der Waals surface area contributed by atoms with E-state index in [0.29, 0.717) is 5.82 Å². The van der Waals surface area contributed by atoms with E-state index >= 15 is 0 Å². The number of alkyl halides is 3. The molecule has 0 saturated carbocycles. The molecule has 1 saturated heterocycles. The van der Waals surface area contributed by atoms with Crippen LogP contribution >= 0.6 is 0 Å². The van der Waals surface area contributed by atoms with Crippen LogP contribution in [0.15, 0.2) is 36.7 Å². The van der Waals surface area contributed by atoms with Crippen LogP contribution in [0.1, 0.15) is 16.1 Å². The summed E-state index contributed by atoms with van der Waals surface area (Å²) in [4.78, 5) is 24.6. The van der Waals surface area contributed by atoms with Crippen LogP contribution in [-0.2, 0) is 6.18 Å². The first kappa shape index (κ1) is 18.1. The van der Waals surface area contributed by atoms with Crippen LogP contribution in [0, 0.1) is 0 Å². The lowest BCUT2D eigenvalue weighted by Crippen LogP contribution is -2.44. The summed E-state index contributed by atoms with van der Waals surface area (Å²) in [5.41, 5.74) is -1.18. The lowest BCUT2D eigenvalue weighted by atomic mass is 10.1. The summed E-state index contributed by atoms with van der Waals surface area (Å²) < 4.78 is 39.2. The summed E-state index contributed by atoms with van der Waals surface area (Å²) >= 11 is 0. The van der Waals surface area contributed by atoms with Gasteiger partial charge < -0.3 is 15.1 Å². The van der Waals surface area contributed by atoms with Crippen molar-refractivity contribution in [3.63, 3.8) is 0 Å². The highest BCUT2D eigenvalue weighted by atomic mass is 19.4. The maximum atomic E-state index is 13.1. The summed E-state index contributed by atoms with van der Waals surface area (Å²) in [6.07, 6.45) is -3.31. The number of para-hydroxylation sites is 1. The van der Waals surface area contributed by atoms with Crippen molar-refractivity contribution in [2.45, 2.75) is 6.18 Å². The van der Waals surface area contributed by atoms with E-state index in [4.69, 9.17) is 0 Å². The third kappa shape index (κ3) is 4.10. The molecule has 1 aromatic heterocycles. The van der Waals surface area contributed by atoms with E-state index in [1.165, 1.54) is 30.6 Å². The number of rotatable bonds is 3. The Hall–Kier alpha value is -2.68. The fourth-order valence-corrected chi connectivity index (χ4v) is 2.71. The van der Waals surface area contributed by atoms with Crippen molar-refractivity contribution in [1.82, 2.24) is 14.9 Å². The van der Waals surface area contributed by atoms with Gasteiger partial charge in [-0.25, -0.2) is 9.97 Å². The minimum absolute atomic E-state index is 0.0194. The van der Waals surface area contributed by atoms with E-state index in [2.05, 4.69) is 20.2 Å². The zero-order chi connectivity index (χ0) is 18.7. The number of piperazine rings is 1. The predicted molar refractivity (Wildman–Crippen MR) is 91.1 cm³/mol. The van der Waals surface area contributed by atoms with Gasteiger partial charge in [-0.15, -0.1) is 0 Å². The highest BCUT2D eigenvalue weighted by molar-refractivity contribution is 6.03. The fourth-order valence-electron chi connectivity index (χ4n) is 2.71. The van der Waals surface area contributed by atoms with Gasteiger partial charge in [-0.3, -0.25) is 4.79 Å². The third-order valence-electron chi connectivity index (χ3n) is 4.19. The normalized spacial score (nSPS) is 15.8. The topological polar surface area (TPSA) is 61.4 Å². The molecule has 0 atom stereocenters. The number of amides is 1. The van der Waals surface area contributed by atoms with Gasteiger partial charge in [-0.1, -0.05) is 12.1 Å². The largest absolute Gasteiger partial charge is 0.418 e. The molecule has 26 heavy (non-hydrogen) atoms. The second kappa shape index (κ2) is 7.28. The summed E-state index contributed by atoms with van der Waals surface area (Å²) in [6.45, 7) is 3.24. The predicted octanol–water partition coefficient (Wildman–Crippen LogP) is 2.50. The molecule has 1 N–H and O–H groups in total. The van der Waals surface area contributed by atoms with Crippen LogP contribution < -0.4 is 10.2 Å². The van der Waals surface area contributed by atoms with Crippen molar-refractivity contribution in [2.75, 3.05) is 43.4 Å². The smallest absolute Gasteiger partial charge is 0.354 e. The molecule has 1 amide bonds. The van der Waals surface area contributed by atoms with E-state index < -0.39 is 17.6 Å². The van der Waals surface area contributed by atoms with Crippen molar-refractivity contribution < 1.29 is 18.0 Å². The van der Waals surface area contributed by atoms with Crippen LogP contribution in [0.25, 0.3) is 0 Å². The molecule has 138 valence electrons. The van der Waals surface area contributed by atoms with Crippen molar-refractivity contribution in [2.24, 2.45) is 0 Å². The molecule has 3 rings (SSSR count). The Kier molecular flexibility index (Phi) is 5.08. The number of benzene rings is 1. The highest BCUT2D eigenvalue weighted by Crippen LogP contribution is 2.34. The Labute approximate surface area is 148 Å². The molecule has 0 bridgehead atoms. The van der Waals surface area contributed by atoms with Gasteiger partial charge in [0.25, 0.3) is 5.91 Å². The summed E-state index contributed by atoms with van der Waals surface area (Å²) in [5, 5.41) is 2.29. The van der Waals surface area contributed by atoms with Gasteiger partial charge in [0.05, 0.1) is 11.3 Å². The van der Waals surface area contributed by atoms with Crippen LogP contribution in [-0.4, -0.2) is 54.0 Å². The number of halogens is 3. The van der Waals surface area contributed by atoms with Gasteiger partial charge in [0.15, 0.2) is 0 Å². The van der Waals surface area contributed by atoms with Gasteiger partial charge in [0.2, 0.25) is 0 Å². The number of aromatic nitrogens is 2. The average molecular weight is 365 g/mol. The van der Waals surface area contributed by atoms with E-state index in [9.17, 15) is 18.0 Å². The number of carbonyl (C=O) groups is 1. The molecule has 1 fully saturated rings. The monoisotopic (exact) mass is 365 g/mol. The third-order valence-corrected chi connectivity index (χ3v) is 4.19. The minimum Gasteiger partial charge on any atom is -0.354 e. The molecule has 1 aliphatic rings. The number of nitrogens with one attached hydrogen (secondary N) is 1. The second-order valence-corrected chi connectivity index (χ2v) is 6.05. The average Bonchev–Trinajstić information content (AvgIpc) is 2.62. The molecule has 6 nitrogen and oxygen atoms in total. The first-order valence-electron chi connectivity index (χ1n) is 8.08. The van der Waals surface area contributed by atoms with Gasteiger partial charge in [-0.05, 0) is 19.2 Å². The molecular weight excluding hydrogens is 347 g/mol. The quantitative estimate of drug-likeness (QED) is 0.906. The van der Waals surface area contributed by atoms with Crippen molar-refractivity contribution in [3.05, 3.63) is 47.9 Å². The maximum Gasteiger partial charge on any atom is 0.418 e. The Bertz CT molecular complexity index is 788. The molecule has 0 spiro atoms. The number of likely N-dealkylation sites (N-methyl/N-ethyl adjacent to an activating group) is 1. The summed E-state index contributed by atoms with van der Waals surface area (Å²) in [5.74, 6) is -0.123. The first-order chi connectivity index (χ1) is 12.3. The van der Waals surface area contributed by atoms with E-state index in [0.717, 1.165) is 32.2 Å². The van der Waals surface area contributed by atoms with Crippen molar-refractivity contribution in [3.8, 4) is 0 Å². The van der Waals surface area contributed by atoms with Crippen molar-refractivity contribution in [1.29, 1.82) is 0 Å². The molecule has 0 radical (unpaired) electrons. The van der Waals surface area contributed by atoms with E-state index in [-0.39, 0.29) is 11.4 Å². The molecule has 2 aromatic rings. The molecular formula is C17H18F3N5O. The maximum absolute atomic E-state index is 13.1. The van der Waals surface area contributed by atoms with Crippen LogP contribution in [0.4, 0.5) is 24.7 Å². The standard InChI is InChI=1S/C17H18F3N5O/c1-24-6-8-25(9-7-24)15-10-14(21-11-22-15)16(26)23-13-5-3-2-4-12(13)17(18,19)20/h2-5,10-11H,6-9H2,1H3,(H,23,26). The lowest BCUT2D eigenvalue weighted by Gasteiger charge is -2.33. The Morgan fingerprint density at radius 3 is 2.50 bits per heavy atom. The number of hydrogen-bond acceptors (Lipinski definition) is 5. The molecule has 2 heterocycles. The van der Waals surface area contributed by atoms with Crippen LogP contribution in [0.2, 0.25) is 0 Å². The Balaban J connectivity index is 1.78. The molecule has 0 aliphatic carbocycles. The van der Waals surface area contributed by atoms with Crippen LogP contribution in [0.5, 0.6) is 0 Å². The van der Waals surface area contributed by atoms with Gasteiger partial charge in [-0.2, -0.15) is 13.2 Å². The van der Waals surface area contributed by atoms with Gasteiger partial charge in [0, 0.05) is 32.2 Å². The van der Waals surface area contributed by atoms with Gasteiger partial charge >= 0.3 is 6.18 Å². The van der Waals surface area contributed by atoms with Crippen LogP contribution in [0.3, 0.4) is 0 Å².